The molecule has 0 saturated carbocycles. The van der Waals surface area contributed by atoms with Crippen LogP contribution in [0.25, 0.3) is 0 Å². The van der Waals surface area contributed by atoms with E-state index in [-0.39, 0.29) is 0 Å². The summed E-state index contributed by atoms with van der Waals surface area (Å²) in [5.41, 5.74) is 2.04. The highest BCUT2D eigenvalue weighted by molar-refractivity contribution is 7.99. The zero-order valence-electron chi connectivity index (χ0n) is 12.9. The number of hydrogen-bond donors (Lipinski definition) is 1. The van der Waals surface area contributed by atoms with Gasteiger partial charge in [-0.2, -0.15) is 16.1 Å². The van der Waals surface area contributed by atoms with Crippen LogP contribution in [0.5, 0.6) is 0 Å². The van der Waals surface area contributed by atoms with E-state index < -0.39 is 0 Å². The predicted molar refractivity (Wildman–Crippen MR) is 99.8 cm³/mol. The number of methoxy groups -OCH3 is 1. The fourth-order valence-electron chi connectivity index (χ4n) is 2.37. The monoisotopic (exact) mass is 370 g/mol. The largest absolute Gasteiger partial charge is 0.384 e. The molecular weight excluding hydrogens is 352 g/mol. The Bertz CT molecular complexity index is 646. The van der Waals surface area contributed by atoms with E-state index in [1.54, 1.807) is 7.11 Å². The molecule has 5 nitrogen and oxygen atoms in total. The van der Waals surface area contributed by atoms with Crippen LogP contribution in [0.2, 0.25) is 5.02 Å². The van der Waals surface area contributed by atoms with Crippen molar-refractivity contribution in [2.75, 3.05) is 48.5 Å². The van der Waals surface area contributed by atoms with Crippen LogP contribution in [0.4, 0.5) is 16.5 Å². The molecule has 0 amide bonds. The molecule has 1 aromatic heterocycles. The third-order valence-corrected chi connectivity index (χ3v) is 5.46. The van der Waals surface area contributed by atoms with Crippen LogP contribution in [-0.4, -0.2) is 47.7 Å². The number of halogens is 1. The first-order valence-corrected chi connectivity index (χ1v) is 9.77. The van der Waals surface area contributed by atoms with E-state index in [1.807, 2.05) is 23.9 Å². The summed E-state index contributed by atoms with van der Waals surface area (Å²) < 4.78 is 9.35. The first-order valence-electron chi connectivity index (χ1n) is 7.47. The van der Waals surface area contributed by atoms with Crippen molar-refractivity contribution in [1.82, 2.24) is 9.36 Å². The normalized spacial score (nSPS) is 15.0. The molecule has 8 heteroatoms. The van der Waals surface area contributed by atoms with Gasteiger partial charge in [-0.25, -0.2) is 4.98 Å². The molecular formula is C15H19ClN4OS2. The van der Waals surface area contributed by atoms with Crippen molar-refractivity contribution in [3.05, 3.63) is 29.0 Å². The minimum atomic E-state index is 0.630. The Hall–Kier alpha value is -1.02. The second-order valence-electron chi connectivity index (χ2n) is 5.15. The number of nitrogens with one attached hydrogen (secondary N) is 1. The van der Waals surface area contributed by atoms with Crippen molar-refractivity contribution in [3.8, 4) is 0 Å². The molecule has 0 spiro atoms. The summed E-state index contributed by atoms with van der Waals surface area (Å²) in [6, 6.07) is 6.07. The molecule has 1 N–H and O–H groups in total. The maximum absolute atomic E-state index is 6.47. The summed E-state index contributed by atoms with van der Waals surface area (Å²) in [6.07, 6.45) is 0.724. The van der Waals surface area contributed by atoms with Gasteiger partial charge in [-0.15, -0.1) is 0 Å². The molecule has 1 aliphatic heterocycles. The fourth-order valence-corrected chi connectivity index (χ4v) is 4.21. The van der Waals surface area contributed by atoms with E-state index in [0.29, 0.717) is 6.61 Å². The average molecular weight is 371 g/mol. The molecule has 1 aromatic carbocycles. The fraction of sp³-hybridized carbons (Fsp3) is 0.467. The van der Waals surface area contributed by atoms with Gasteiger partial charge < -0.3 is 15.0 Å². The Morgan fingerprint density at radius 3 is 2.91 bits per heavy atom. The molecule has 1 aliphatic rings. The highest BCUT2D eigenvalue weighted by atomic mass is 35.5. The van der Waals surface area contributed by atoms with Crippen molar-refractivity contribution in [2.24, 2.45) is 0 Å². The van der Waals surface area contributed by atoms with Gasteiger partial charge in [0.25, 0.3) is 0 Å². The molecule has 2 aromatic rings. The molecule has 0 aliphatic carbocycles. The molecule has 1 saturated heterocycles. The molecule has 0 unspecified atom stereocenters. The first-order chi connectivity index (χ1) is 11.3. The predicted octanol–water partition coefficient (Wildman–Crippen LogP) is 3.68. The van der Waals surface area contributed by atoms with Gasteiger partial charge in [0.1, 0.15) is 5.82 Å². The van der Waals surface area contributed by atoms with Gasteiger partial charge in [0.15, 0.2) is 0 Å². The Balaban J connectivity index is 1.66. The zero-order valence-corrected chi connectivity index (χ0v) is 15.3. The van der Waals surface area contributed by atoms with Gasteiger partial charge in [0.2, 0.25) is 5.13 Å². The first kappa shape index (κ1) is 16.8. The lowest BCUT2D eigenvalue weighted by Gasteiger charge is -2.29. The molecule has 0 atom stereocenters. The minimum absolute atomic E-state index is 0.630. The smallest absolute Gasteiger partial charge is 0.207 e. The van der Waals surface area contributed by atoms with Crippen LogP contribution in [-0.2, 0) is 11.2 Å². The van der Waals surface area contributed by atoms with Crippen molar-refractivity contribution < 1.29 is 4.74 Å². The summed E-state index contributed by atoms with van der Waals surface area (Å²) in [5.74, 6) is 3.12. The summed E-state index contributed by atoms with van der Waals surface area (Å²) in [4.78, 5) is 6.79. The van der Waals surface area contributed by atoms with Crippen LogP contribution in [0.1, 0.15) is 5.82 Å². The van der Waals surface area contributed by atoms with Crippen LogP contribution < -0.4 is 10.2 Å². The summed E-state index contributed by atoms with van der Waals surface area (Å²) >= 11 is 9.81. The quantitative estimate of drug-likeness (QED) is 0.837. The highest BCUT2D eigenvalue weighted by Crippen LogP contribution is 2.31. The van der Waals surface area contributed by atoms with Crippen LogP contribution in [0.3, 0.4) is 0 Å². The van der Waals surface area contributed by atoms with E-state index in [2.05, 4.69) is 25.6 Å². The van der Waals surface area contributed by atoms with Gasteiger partial charge in [-0.3, -0.25) is 0 Å². The Labute approximate surface area is 149 Å². The molecule has 1 fully saturated rings. The van der Waals surface area contributed by atoms with Gasteiger partial charge in [0.05, 0.1) is 17.3 Å². The van der Waals surface area contributed by atoms with E-state index in [4.69, 9.17) is 16.3 Å². The van der Waals surface area contributed by atoms with Gasteiger partial charge in [0, 0.05) is 55.3 Å². The van der Waals surface area contributed by atoms with Gasteiger partial charge >= 0.3 is 0 Å². The van der Waals surface area contributed by atoms with Crippen LogP contribution >= 0.6 is 34.9 Å². The second-order valence-corrected chi connectivity index (χ2v) is 7.53. The van der Waals surface area contributed by atoms with E-state index >= 15 is 0 Å². The lowest BCUT2D eigenvalue weighted by molar-refractivity contribution is 0.201. The standard InChI is InChI=1S/C15H19ClN4OS2/c1-21-7-4-14-18-15(23-19-14)17-11-2-3-13(12(16)10-11)20-5-8-22-9-6-20/h2-3,10H,4-9H2,1H3,(H,17,18,19). The second kappa shape index (κ2) is 8.19. The van der Waals surface area contributed by atoms with E-state index in [0.717, 1.165) is 58.4 Å². The summed E-state index contributed by atoms with van der Waals surface area (Å²) in [6.45, 7) is 2.73. The number of nitrogens with zero attached hydrogens (tertiary/aromatic N) is 3. The third-order valence-electron chi connectivity index (χ3n) is 3.55. The lowest BCUT2D eigenvalue weighted by Crippen LogP contribution is -2.32. The minimum Gasteiger partial charge on any atom is -0.384 e. The lowest BCUT2D eigenvalue weighted by atomic mass is 10.2. The Morgan fingerprint density at radius 1 is 1.35 bits per heavy atom. The molecule has 124 valence electrons. The molecule has 2 heterocycles. The number of anilines is 3. The summed E-state index contributed by atoms with van der Waals surface area (Å²) in [7, 11) is 1.68. The molecule has 0 radical (unpaired) electrons. The molecule has 0 bridgehead atoms. The number of hydrogen-bond acceptors (Lipinski definition) is 7. The zero-order chi connectivity index (χ0) is 16.1. The van der Waals surface area contributed by atoms with Crippen molar-refractivity contribution >= 4 is 51.4 Å². The Morgan fingerprint density at radius 2 is 2.17 bits per heavy atom. The number of ether oxygens (including phenoxy) is 1. The van der Waals surface area contributed by atoms with Gasteiger partial charge in [-0.05, 0) is 18.2 Å². The number of rotatable bonds is 6. The van der Waals surface area contributed by atoms with Crippen LogP contribution in [0, 0.1) is 0 Å². The third kappa shape index (κ3) is 4.50. The van der Waals surface area contributed by atoms with Gasteiger partial charge in [-0.1, -0.05) is 11.6 Å². The number of aromatic nitrogens is 2. The highest BCUT2D eigenvalue weighted by Gasteiger charge is 2.14. The van der Waals surface area contributed by atoms with Crippen molar-refractivity contribution in [2.45, 2.75) is 6.42 Å². The van der Waals surface area contributed by atoms with Crippen LogP contribution in [0.15, 0.2) is 18.2 Å². The van der Waals surface area contributed by atoms with E-state index in [1.165, 1.54) is 11.5 Å². The maximum Gasteiger partial charge on any atom is 0.207 e. The topological polar surface area (TPSA) is 50.3 Å². The van der Waals surface area contributed by atoms with E-state index in [9.17, 15) is 0 Å². The molecule has 23 heavy (non-hydrogen) atoms. The SMILES string of the molecule is COCCc1nsc(Nc2ccc(N3CCSCC3)c(Cl)c2)n1. The average Bonchev–Trinajstić information content (AvgIpc) is 3.01. The van der Waals surface area contributed by atoms with Crippen molar-refractivity contribution in [3.63, 3.8) is 0 Å². The Kier molecular flexibility index (Phi) is 5.99. The molecule has 3 rings (SSSR count). The number of benzene rings is 1. The van der Waals surface area contributed by atoms with Crippen molar-refractivity contribution in [1.29, 1.82) is 0 Å². The maximum atomic E-state index is 6.47. The summed E-state index contributed by atoms with van der Waals surface area (Å²) in [5, 5.41) is 4.81. The number of thioether (sulfide) groups is 1.